The van der Waals surface area contributed by atoms with E-state index >= 15 is 0 Å². The monoisotopic (exact) mass is 388 g/mol. The molecule has 2 rings (SSSR count). The molecule has 0 radical (unpaired) electrons. The van der Waals surface area contributed by atoms with E-state index in [1.165, 1.54) is 6.92 Å². The van der Waals surface area contributed by atoms with Gasteiger partial charge in [-0.25, -0.2) is 0 Å². The summed E-state index contributed by atoms with van der Waals surface area (Å²) in [6, 6.07) is 3.81. The van der Waals surface area contributed by atoms with E-state index < -0.39 is 0 Å². The Morgan fingerprint density at radius 3 is 2.63 bits per heavy atom. The first-order chi connectivity index (χ1) is 9.01. The third-order valence-electron chi connectivity index (χ3n) is 2.99. The van der Waals surface area contributed by atoms with Gasteiger partial charge in [0.25, 0.3) is 0 Å². The van der Waals surface area contributed by atoms with Crippen molar-refractivity contribution < 1.29 is 9.53 Å². The van der Waals surface area contributed by atoms with E-state index in [4.69, 9.17) is 10.5 Å². The molecule has 102 valence electrons. The van der Waals surface area contributed by atoms with Crippen LogP contribution in [0.4, 0.5) is 0 Å². The lowest BCUT2D eigenvalue weighted by atomic mass is 10.1. The molecule has 0 aliphatic heterocycles. The van der Waals surface area contributed by atoms with Crippen molar-refractivity contribution in [3.63, 3.8) is 0 Å². The van der Waals surface area contributed by atoms with Crippen molar-refractivity contribution >= 4 is 48.7 Å². The summed E-state index contributed by atoms with van der Waals surface area (Å²) < 4.78 is 8.53. The van der Waals surface area contributed by atoms with Crippen LogP contribution >= 0.6 is 31.9 Å². The van der Waals surface area contributed by atoms with Gasteiger partial charge < -0.3 is 10.5 Å². The zero-order valence-electron chi connectivity index (χ0n) is 10.7. The number of hydrogen-bond acceptors (Lipinski definition) is 3. The lowest BCUT2D eigenvalue weighted by Gasteiger charge is -2.05. The zero-order valence-corrected chi connectivity index (χ0v) is 13.8. The van der Waals surface area contributed by atoms with Gasteiger partial charge in [-0.05, 0) is 62.5 Å². The summed E-state index contributed by atoms with van der Waals surface area (Å²) in [6.07, 6.45) is 0.697. The molecular weight excluding hydrogens is 376 g/mol. The fraction of sp³-hybridized carbons (Fsp3) is 0.308. The van der Waals surface area contributed by atoms with Crippen LogP contribution in [-0.2, 0) is 6.42 Å². The summed E-state index contributed by atoms with van der Waals surface area (Å²) in [4.78, 5) is 11.8. The molecule has 0 unspecified atom stereocenters. The summed E-state index contributed by atoms with van der Waals surface area (Å²) in [5.41, 5.74) is 7.52. The maximum atomic E-state index is 11.8. The fourth-order valence-corrected chi connectivity index (χ4v) is 3.51. The quantitative estimate of drug-likeness (QED) is 0.875. The van der Waals surface area contributed by atoms with Gasteiger partial charge >= 0.3 is 0 Å². The Bertz CT molecular complexity index is 650. The summed E-state index contributed by atoms with van der Waals surface area (Å²) in [7, 11) is 1.62. The van der Waals surface area contributed by atoms with E-state index in [1.54, 1.807) is 11.7 Å². The van der Waals surface area contributed by atoms with Crippen LogP contribution in [0.5, 0.6) is 5.75 Å². The van der Waals surface area contributed by atoms with E-state index in [1.807, 2.05) is 12.1 Å². The van der Waals surface area contributed by atoms with E-state index in [0.717, 1.165) is 31.3 Å². The molecule has 1 aromatic heterocycles. The number of carbonyl (C=O) groups excluding carboxylic acids is 1. The van der Waals surface area contributed by atoms with Crippen LogP contribution in [0, 0.1) is 0 Å². The fourth-order valence-electron chi connectivity index (χ4n) is 2.17. The van der Waals surface area contributed by atoms with Crippen LogP contribution in [0.1, 0.15) is 17.3 Å². The van der Waals surface area contributed by atoms with Crippen molar-refractivity contribution in [1.82, 2.24) is 4.57 Å². The Morgan fingerprint density at radius 2 is 2.11 bits per heavy atom. The van der Waals surface area contributed by atoms with E-state index in [2.05, 4.69) is 31.9 Å². The van der Waals surface area contributed by atoms with Crippen molar-refractivity contribution in [2.24, 2.45) is 5.73 Å². The number of methoxy groups -OCH3 is 1. The van der Waals surface area contributed by atoms with Crippen LogP contribution in [0.15, 0.2) is 21.2 Å². The molecule has 0 saturated heterocycles. The van der Waals surface area contributed by atoms with E-state index in [-0.39, 0.29) is 5.91 Å². The molecule has 0 aliphatic rings. The predicted molar refractivity (Wildman–Crippen MR) is 82.9 cm³/mol. The minimum absolute atomic E-state index is 0.0442. The molecule has 1 aromatic carbocycles. The lowest BCUT2D eigenvalue weighted by molar-refractivity contribution is 0.0939. The van der Waals surface area contributed by atoms with Gasteiger partial charge in [0.1, 0.15) is 5.75 Å². The van der Waals surface area contributed by atoms with Crippen molar-refractivity contribution in [2.45, 2.75) is 13.3 Å². The smallest absolute Gasteiger partial charge is 0.228 e. The van der Waals surface area contributed by atoms with Crippen LogP contribution < -0.4 is 10.5 Å². The molecule has 4 nitrogen and oxygen atoms in total. The molecule has 6 heteroatoms. The third-order valence-corrected chi connectivity index (χ3v) is 4.44. The summed E-state index contributed by atoms with van der Waals surface area (Å²) in [6.45, 7) is 2.06. The number of rotatable bonds is 3. The van der Waals surface area contributed by atoms with Crippen LogP contribution in [-0.4, -0.2) is 24.1 Å². The first kappa shape index (κ1) is 14.6. The first-order valence-corrected chi connectivity index (χ1v) is 7.37. The van der Waals surface area contributed by atoms with Gasteiger partial charge in [-0.3, -0.25) is 9.36 Å². The predicted octanol–water partition coefficient (Wildman–Crippen LogP) is 3.34. The van der Waals surface area contributed by atoms with Crippen LogP contribution in [0.2, 0.25) is 0 Å². The highest BCUT2D eigenvalue weighted by molar-refractivity contribution is 9.10. The van der Waals surface area contributed by atoms with Gasteiger partial charge in [-0.1, -0.05) is 0 Å². The Balaban J connectivity index is 2.85. The molecule has 0 saturated carbocycles. The molecule has 0 atom stereocenters. The third kappa shape index (κ3) is 2.44. The van der Waals surface area contributed by atoms with Gasteiger partial charge in [-0.2, -0.15) is 0 Å². The number of aromatic nitrogens is 1. The normalized spacial score (nSPS) is 11.0. The second-order valence-electron chi connectivity index (χ2n) is 4.17. The van der Waals surface area contributed by atoms with Crippen LogP contribution in [0.25, 0.3) is 10.9 Å². The zero-order chi connectivity index (χ0) is 14.2. The van der Waals surface area contributed by atoms with Gasteiger partial charge in [0.15, 0.2) is 0 Å². The number of halogens is 2. The number of ether oxygens (including phenoxy) is 1. The highest BCUT2D eigenvalue weighted by Gasteiger charge is 2.19. The molecule has 0 amide bonds. The lowest BCUT2D eigenvalue weighted by Crippen LogP contribution is -2.07. The Kier molecular flexibility index (Phi) is 4.32. The topological polar surface area (TPSA) is 57.2 Å². The number of nitrogens with zero attached hydrogens (tertiary/aromatic N) is 1. The molecule has 0 spiro atoms. The van der Waals surface area contributed by atoms with Crippen molar-refractivity contribution in [3.8, 4) is 5.75 Å². The summed E-state index contributed by atoms with van der Waals surface area (Å²) in [5, 5.41) is 0.979. The molecule has 0 bridgehead atoms. The standard InChI is InChI=1S/C13H14Br2N2O2/c1-7(18)17-11-6-10(14)12(19-2)5-9(11)8(3-4-16)13(17)15/h5-6H,3-4,16H2,1-2H3. The Labute approximate surface area is 128 Å². The molecule has 19 heavy (non-hydrogen) atoms. The minimum atomic E-state index is -0.0442. The maximum absolute atomic E-state index is 11.8. The molecular formula is C13H14Br2N2O2. The second kappa shape index (κ2) is 5.64. The highest BCUT2D eigenvalue weighted by atomic mass is 79.9. The van der Waals surface area contributed by atoms with E-state index in [0.29, 0.717) is 13.0 Å². The van der Waals surface area contributed by atoms with Gasteiger partial charge in [0.05, 0.1) is 21.7 Å². The molecule has 2 aromatic rings. The van der Waals surface area contributed by atoms with Crippen molar-refractivity contribution in [2.75, 3.05) is 13.7 Å². The molecule has 0 aliphatic carbocycles. The number of fused-ring (bicyclic) bond motifs is 1. The SMILES string of the molecule is COc1cc2c(CCN)c(Br)n(C(C)=O)c2cc1Br. The number of nitrogens with two attached hydrogens (primary N) is 1. The first-order valence-electron chi connectivity index (χ1n) is 5.78. The van der Waals surface area contributed by atoms with Gasteiger partial charge in [0.2, 0.25) is 5.91 Å². The second-order valence-corrected chi connectivity index (χ2v) is 5.77. The maximum Gasteiger partial charge on any atom is 0.228 e. The molecule has 2 N–H and O–H groups in total. The van der Waals surface area contributed by atoms with Gasteiger partial charge in [0, 0.05) is 12.3 Å². The van der Waals surface area contributed by atoms with Crippen molar-refractivity contribution in [3.05, 3.63) is 26.8 Å². The number of carbonyl (C=O) groups is 1. The minimum Gasteiger partial charge on any atom is -0.496 e. The number of benzene rings is 1. The molecule has 0 fully saturated rings. The average molecular weight is 390 g/mol. The average Bonchev–Trinajstić information content (AvgIpc) is 2.61. The summed E-state index contributed by atoms with van der Waals surface area (Å²) in [5.74, 6) is 0.691. The van der Waals surface area contributed by atoms with E-state index in [9.17, 15) is 4.79 Å². The Hall–Kier alpha value is -0.850. The van der Waals surface area contributed by atoms with Gasteiger partial charge in [-0.15, -0.1) is 0 Å². The highest BCUT2D eigenvalue weighted by Crippen LogP contribution is 2.37. The summed E-state index contributed by atoms with van der Waals surface area (Å²) >= 11 is 6.94. The van der Waals surface area contributed by atoms with Crippen LogP contribution in [0.3, 0.4) is 0 Å². The number of hydrogen-bond donors (Lipinski definition) is 1. The largest absolute Gasteiger partial charge is 0.496 e. The Morgan fingerprint density at radius 1 is 1.42 bits per heavy atom. The van der Waals surface area contributed by atoms with Crippen molar-refractivity contribution in [1.29, 1.82) is 0 Å². The molecule has 1 heterocycles.